The Hall–Kier alpha value is -0.650. The summed E-state index contributed by atoms with van der Waals surface area (Å²) in [5.41, 5.74) is -2.14. The van der Waals surface area contributed by atoms with Crippen molar-refractivity contribution < 1.29 is 18.8 Å². The van der Waals surface area contributed by atoms with Gasteiger partial charge in [0.15, 0.2) is 11.5 Å². The number of ketones is 1. The van der Waals surface area contributed by atoms with E-state index in [9.17, 15) is 14.5 Å². The summed E-state index contributed by atoms with van der Waals surface area (Å²) in [4.78, 5) is 11.8. The second kappa shape index (κ2) is 5.92. The van der Waals surface area contributed by atoms with Crippen LogP contribution in [0.3, 0.4) is 0 Å². The Labute approximate surface area is 158 Å². The second-order valence-electron chi connectivity index (χ2n) is 9.09. The molecule has 144 valence electrons. The molecule has 0 heterocycles. The molecular weight excluding hydrogens is 351 g/mol. The molecule has 0 radical (unpaired) electrons. The van der Waals surface area contributed by atoms with Crippen LogP contribution in [0.2, 0.25) is 0 Å². The van der Waals surface area contributed by atoms with E-state index in [1.54, 1.807) is 12.2 Å². The minimum atomic E-state index is -1.76. The third-order valence-electron chi connectivity index (χ3n) is 8.15. The zero-order valence-electron chi connectivity index (χ0n) is 15.8. The molecule has 1 N–H and O–H groups in total. The number of aliphatic hydroxyl groups excluding tert-OH is 1. The molecule has 4 aliphatic carbocycles. The summed E-state index contributed by atoms with van der Waals surface area (Å²) in [6, 6.07) is 0. The quantitative estimate of drug-likeness (QED) is 0.746. The number of aliphatic hydroxyl groups is 1. The van der Waals surface area contributed by atoms with Crippen molar-refractivity contribution in [3.63, 3.8) is 0 Å². The van der Waals surface area contributed by atoms with E-state index >= 15 is 4.39 Å². The van der Waals surface area contributed by atoms with Crippen molar-refractivity contribution in [2.45, 2.75) is 69.9 Å². The highest BCUT2D eigenvalue weighted by Crippen LogP contribution is 2.68. The van der Waals surface area contributed by atoms with Gasteiger partial charge < -0.3 is 9.66 Å². The van der Waals surface area contributed by atoms with E-state index in [-0.39, 0.29) is 28.3 Å². The van der Waals surface area contributed by atoms with E-state index in [0.29, 0.717) is 25.0 Å². The number of carbonyl (C=O) groups excluding carboxylic acids is 1. The number of alkyl halides is 1. The minimum absolute atomic E-state index is 0.0462. The maximum atomic E-state index is 16.7. The maximum Gasteiger partial charge on any atom is 0.178 e. The average Bonchev–Trinajstić information content (AvgIpc) is 2.93. The van der Waals surface area contributed by atoms with E-state index in [2.05, 4.69) is 6.92 Å². The highest BCUT2D eigenvalue weighted by Gasteiger charge is 2.71. The molecule has 4 aliphatic rings. The first kappa shape index (κ1) is 18.7. The molecule has 0 amide bonds. The van der Waals surface area contributed by atoms with Crippen molar-refractivity contribution in [3.05, 3.63) is 23.8 Å². The molecule has 26 heavy (non-hydrogen) atoms. The number of hydrogen-bond acceptors (Lipinski definition) is 3. The van der Waals surface area contributed by atoms with E-state index < -0.39 is 28.4 Å². The Morgan fingerprint density at radius 1 is 1.31 bits per heavy atom. The van der Waals surface area contributed by atoms with Crippen molar-refractivity contribution in [2.24, 2.45) is 22.7 Å². The molecule has 3 fully saturated rings. The molecule has 3 nitrogen and oxygen atoms in total. The fourth-order valence-corrected chi connectivity index (χ4v) is 8.47. The van der Waals surface area contributed by atoms with Gasteiger partial charge in [0.05, 0.1) is 6.10 Å². The average molecular weight is 381 g/mol. The van der Waals surface area contributed by atoms with Crippen LogP contribution in [0.5, 0.6) is 0 Å². The Bertz CT molecular complexity index is 691. The van der Waals surface area contributed by atoms with Gasteiger partial charge in [0.25, 0.3) is 0 Å². The van der Waals surface area contributed by atoms with Crippen molar-refractivity contribution in [2.75, 3.05) is 5.75 Å². The Kier molecular flexibility index (Phi) is 4.26. The molecule has 0 aliphatic heterocycles. The molecule has 1 unspecified atom stereocenters. The first-order valence-corrected chi connectivity index (χ1v) is 11.2. The van der Waals surface area contributed by atoms with E-state index in [4.69, 9.17) is 0 Å². The fraction of sp³-hybridized carbons (Fsp3) is 0.762. The van der Waals surface area contributed by atoms with Crippen molar-refractivity contribution >= 4 is 17.0 Å². The van der Waals surface area contributed by atoms with Gasteiger partial charge in [-0.05, 0) is 64.0 Å². The Balaban J connectivity index is 1.77. The highest BCUT2D eigenvalue weighted by atomic mass is 32.2. The van der Waals surface area contributed by atoms with Crippen molar-refractivity contribution in [3.8, 4) is 0 Å². The van der Waals surface area contributed by atoms with Crippen LogP contribution < -0.4 is 0 Å². The van der Waals surface area contributed by atoms with Crippen LogP contribution in [0.4, 0.5) is 4.39 Å². The molecule has 0 aromatic carbocycles. The van der Waals surface area contributed by atoms with Crippen LogP contribution in [0, 0.1) is 22.7 Å². The first-order chi connectivity index (χ1) is 12.2. The lowest BCUT2D eigenvalue weighted by Gasteiger charge is -2.61. The number of hydrogen-bond donors (Lipinski definition) is 1. The summed E-state index contributed by atoms with van der Waals surface area (Å²) in [5, 5.41) is 11.1. The Morgan fingerprint density at radius 2 is 2.04 bits per heavy atom. The lowest BCUT2D eigenvalue weighted by molar-refractivity contribution is -0.188. The smallest absolute Gasteiger partial charge is 0.178 e. The van der Waals surface area contributed by atoms with Gasteiger partial charge in [-0.25, -0.2) is 4.39 Å². The zero-order chi connectivity index (χ0) is 18.9. The lowest BCUT2D eigenvalue weighted by atomic mass is 9.46. The SMILES string of the molecule is CC[S+]([O-])[C@H]1CC[C@H]2[C@@H]3CCC4=CC(=O)C=C[C@]4(C)[C@@]3(F)[C@@H](O)C[C@]12C. The van der Waals surface area contributed by atoms with Gasteiger partial charge in [0.2, 0.25) is 0 Å². The molecule has 3 saturated carbocycles. The van der Waals surface area contributed by atoms with E-state index in [1.807, 2.05) is 13.8 Å². The number of carbonyl (C=O) groups is 1. The third kappa shape index (κ3) is 2.17. The Morgan fingerprint density at radius 3 is 2.73 bits per heavy atom. The van der Waals surface area contributed by atoms with Crippen LogP contribution in [0.25, 0.3) is 0 Å². The highest BCUT2D eigenvalue weighted by molar-refractivity contribution is 7.92. The molecule has 0 aromatic rings. The van der Waals surface area contributed by atoms with E-state index in [0.717, 1.165) is 18.4 Å². The summed E-state index contributed by atoms with van der Waals surface area (Å²) in [6.07, 6.45) is 7.06. The summed E-state index contributed by atoms with van der Waals surface area (Å²) < 4.78 is 29.4. The molecule has 4 rings (SSSR count). The standard InChI is InChI=1S/C21H29FO3S/c1-4-26(25)18-8-7-15-16-6-5-13-11-14(23)9-10-20(13,3)21(16,22)17(24)12-19(15,18)2/h9-11,15-18,24H,4-8,12H2,1-3H3/t15-,16-,17-,18-,19-,20-,21-,26?/m0/s1. The largest absolute Gasteiger partial charge is 0.616 e. The summed E-state index contributed by atoms with van der Waals surface area (Å²) >= 11 is -0.927. The molecule has 0 spiro atoms. The van der Waals surface area contributed by atoms with Gasteiger partial charge in [-0.1, -0.05) is 29.7 Å². The summed E-state index contributed by atoms with van der Waals surface area (Å²) in [6.45, 7) is 5.91. The van der Waals surface area contributed by atoms with Gasteiger partial charge >= 0.3 is 0 Å². The minimum Gasteiger partial charge on any atom is -0.616 e. The first-order valence-electron chi connectivity index (χ1n) is 9.87. The number of rotatable bonds is 2. The van der Waals surface area contributed by atoms with Crippen LogP contribution in [-0.2, 0) is 16.0 Å². The molecule has 0 bridgehead atoms. The predicted octanol–water partition coefficient (Wildman–Crippen LogP) is 3.49. The molecule has 0 aromatic heterocycles. The zero-order valence-corrected chi connectivity index (χ0v) is 16.7. The van der Waals surface area contributed by atoms with E-state index in [1.165, 1.54) is 6.08 Å². The predicted molar refractivity (Wildman–Crippen MR) is 101 cm³/mol. The molecule has 0 saturated heterocycles. The lowest BCUT2D eigenvalue weighted by Crippen LogP contribution is -2.67. The topological polar surface area (TPSA) is 60.4 Å². The van der Waals surface area contributed by atoms with Crippen molar-refractivity contribution in [1.82, 2.24) is 0 Å². The van der Waals surface area contributed by atoms with Gasteiger partial charge in [-0.15, -0.1) is 0 Å². The second-order valence-corrected chi connectivity index (χ2v) is 11.0. The van der Waals surface area contributed by atoms with Crippen LogP contribution >= 0.6 is 0 Å². The molecule has 5 heteroatoms. The van der Waals surface area contributed by atoms with Gasteiger partial charge in [0, 0.05) is 16.7 Å². The molecule has 8 atom stereocenters. The number of allylic oxidation sites excluding steroid dienone is 4. The van der Waals surface area contributed by atoms with Crippen molar-refractivity contribution in [1.29, 1.82) is 0 Å². The normalized spacial score (nSPS) is 51.3. The van der Waals surface area contributed by atoms with Gasteiger partial charge in [0.1, 0.15) is 11.0 Å². The maximum absolute atomic E-state index is 16.7. The third-order valence-corrected chi connectivity index (χ3v) is 10.1. The summed E-state index contributed by atoms with van der Waals surface area (Å²) in [5.74, 6) is 0.411. The van der Waals surface area contributed by atoms with Crippen LogP contribution in [0.1, 0.15) is 52.9 Å². The fourth-order valence-electron chi connectivity index (χ4n) is 6.80. The van der Waals surface area contributed by atoms with Crippen LogP contribution in [-0.4, -0.2) is 38.2 Å². The monoisotopic (exact) mass is 380 g/mol. The van der Waals surface area contributed by atoms with Gasteiger partial charge in [-0.3, -0.25) is 4.79 Å². The number of halogens is 1. The number of fused-ring (bicyclic) bond motifs is 5. The summed E-state index contributed by atoms with van der Waals surface area (Å²) in [7, 11) is 0. The van der Waals surface area contributed by atoms with Crippen LogP contribution in [0.15, 0.2) is 23.8 Å². The van der Waals surface area contributed by atoms with Gasteiger partial charge in [-0.2, -0.15) is 0 Å². The molecular formula is C21H29FO3S.